The van der Waals surface area contributed by atoms with Gasteiger partial charge in [-0.05, 0) is 42.8 Å². The Hall–Kier alpha value is -0.900. The maximum Gasteiger partial charge on any atom is 0.141 e. The molecule has 1 nitrogen and oxygen atoms in total. The standard InChI is InChI=1S/C15H17ClFNS/c1-9(2)15(18-3)14-7-6-13(19-14)10-4-5-12(17)11(16)8-10/h4-9,15,18H,1-3H3. The van der Waals surface area contributed by atoms with Gasteiger partial charge >= 0.3 is 0 Å². The van der Waals surface area contributed by atoms with Crippen molar-refractivity contribution in [3.63, 3.8) is 0 Å². The molecule has 2 aromatic rings. The number of benzene rings is 1. The summed E-state index contributed by atoms with van der Waals surface area (Å²) in [5.74, 6) is 0.144. The Kier molecular flexibility index (Phi) is 4.61. The molecule has 19 heavy (non-hydrogen) atoms. The summed E-state index contributed by atoms with van der Waals surface area (Å²) in [4.78, 5) is 2.39. The molecule has 0 amide bonds. The molecular weight excluding hydrogens is 281 g/mol. The molecule has 1 atom stereocenters. The van der Waals surface area contributed by atoms with Crippen LogP contribution in [0.25, 0.3) is 10.4 Å². The first-order valence-electron chi connectivity index (χ1n) is 6.25. The van der Waals surface area contributed by atoms with Crippen LogP contribution < -0.4 is 5.32 Å². The van der Waals surface area contributed by atoms with Crippen molar-refractivity contribution in [2.45, 2.75) is 19.9 Å². The van der Waals surface area contributed by atoms with E-state index in [0.717, 1.165) is 10.4 Å². The van der Waals surface area contributed by atoms with Crippen molar-refractivity contribution >= 4 is 22.9 Å². The zero-order chi connectivity index (χ0) is 14.0. The number of halogens is 2. The zero-order valence-corrected chi connectivity index (χ0v) is 12.8. The second-order valence-electron chi connectivity index (χ2n) is 4.84. The summed E-state index contributed by atoms with van der Waals surface area (Å²) in [6.07, 6.45) is 0. The van der Waals surface area contributed by atoms with Crippen molar-refractivity contribution in [2.75, 3.05) is 7.05 Å². The van der Waals surface area contributed by atoms with Crippen LogP contribution in [-0.4, -0.2) is 7.05 Å². The minimum atomic E-state index is -0.377. The SMILES string of the molecule is CNC(c1ccc(-c2ccc(F)c(Cl)c2)s1)C(C)C. The molecule has 4 heteroatoms. The Morgan fingerprint density at radius 1 is 1.21 bits per heavy atom. The summed E-state index contributed by atoms with van der Waals surface area (Å²) in [6, 6.07) is 9.38. The van der Waals surface area contributed by atoms with Crippen LogP contribution in [0.5, 0.6) is 0 Å². The Labute approximate surface area is 122 Å². The summed E-state index contributed by atoms with van der Waals surface area (Å²) < 4.78 is 13.2. The lowest BCUT2D eigenvalue weighted by atomic mass is 10.0. The van der Waals surface area contributed by atoms with Crippen molar-refractivity contribution < 1.29 is 4.39 Å². The highest BCUT2D eigenvalue weighted by Gasteiger charge is 2.16. The van der Waals surface area contributed by atoms with Gasteiger partial charge in [0.1, 0.15) is 5.82 Å². The lowest BCUT2D eigenvalue weighted by Crippen LogP contribution is -2.20. The van der Waals surface area contributed by atoms with Gasteiger partial charge < -0.3 is 5.32 Å². The molecule has 1 aromatic heterocycles. The maximum atomic E-state index is 13.2. The average Bonchev–Trinajstić information content (AvgIpc) is 2.82. The topological polar surface area (TPSA) is 12.0 Å². The molecule has 0 spiro atoms. The molecule has 0 bridgehead atoms. The van der Waals surface area contributed by atoms with Crippen molar-refractivity contribution in [1.82, 2.24) is 5.32 Å². The third kappa shape index (κ3) is 3.16. The van der Waals surface area contributed by atoms with E-state index < -0.39 is 0 Å². The van der Waals surface area contributed by atoms with Crippen LogP contribution >= 0.6 is 22.9 Å². The van der Waals surface area contributed by atoms with Gasteiger partial charge in [0.15, 0.2) is 0 Å². The van der Waals surface area contributed by atoms with Gasteiger partial charge in [-0.3, -0.25) is 0 Å². The van der Waals surface area contributed by atoms with Crippen LogP contribution in [0.1, 0.15) is 24.8 Å². The molecular formula is C15H17ClFNS. The monoisotopic (exact) mass is 297 g/mol. The number of hydrogen-bond acceptors (Lipinski definition) is 2. The molecule has 0 saturated heterocycles. The quantitative estimate of drug-likeness (QED) is 0.825. The molecule has 0 fully saturated rings. The highest BCUT2D eigenvalue weighted by molar-refractivity contribution is 7.15. The number of rotatable bonds is 4. The fourth-order valence-electron chi connectivity index (χ4n) is 2.13. The van der Waals surface area contributed by atoms with Crippen molar-refractivity contribution in [2.24, 2.45) is 5.92 Å². The van der Waals surface area contributed by atoms with E-state index >= 15 is 0 Å². The van der Waals surface area contributed by atoms with E-state index in [1.807, 2.05) is 7.05 Å². The van der Waals surface area contributed by atoms with E-state index in [1.165, 1.54) is 10.9 Å². The van der Waals surface area contributed by atoms with E-state index in [1.54, 1.807) is 23.5 Å². The Balaban J connectivity index is 2.32. The van der Waals surface area contributed by atoms with Crippen LogP contribution in [0.15, 0.2) is 30.3 Å². The van der Waals surface area contributed by atoms with Gasteiger partial charge in [0, 0.05) is 15.8 Å². The first kappa shape index (κ1) is 14.5. The fraction of sp³-hybridized carbons (Fsp3) is 0.333. The Bertz CT molecular complexity index is 565. The predicted molar refractivity (Wildman–Crippen MR) is 81.4 cm³/mol. The summed E-state index contributed by atoms with van der Waals surface area (Å²) in [5.41, 5.74) is 0.959. The molecule has 0 aliphatic heterocycles. The van der Waals surface area contributed by atoms with E-state index in [0.29, 0.717) is 12.0 Å². The van der Waals surface area contributed by atoms with E-state index in [9.17, 15) is 4.39 Å². The van der Waals surface area contributed by atoms with Crippen LogP contribution in [0.2, 0.25) is 5.02 Å². The molecule has 1 unspecified atom stereocenters. The highest BCUT2D eigenvalue weighted by atomic mass is 35.5. The van der Waals surface area contributed by atoms with Crippen molar-refractivity contribution in [3.05, 3.63) is 46.0 Å². The smallest absolute Gasteiger partial charge is 0.141 e. The van der Waals surface area contributed by atoms with Crippen LogP contribution in [0.3, 0.4) is 0 Å². The molecule has 2 rings (SSSR count). The summed E-state index contributed by atoms with van der Waals surface area (Å²) in [5, 5.41) is 3.50. The third-order valence-corrected chi connectivity index (χ3v) is 4.62. The number of nitrogens with one attached hydrogen (secondary N) is 1. The normalized spacial score (nSPS) is 12.9. The molecule has 1 N–H and O–H groups in total. The summed E-state index contributed by atoms with van der Waals surface area (Å²) >= 11 is 7.55. The van der Waals surface area contributed by atoms with Gasteiger partial charge in [0.2, 0.25) is 0 Å². The average molecular weight is 298 g/mol. The number of thiophene rings is 1. The molecule has 0 aliphatic carbocycles. The van der Waals surface area contributed by atoms with Gasteiger partial charge in [0.05, 0.1) is 5.02 Å². The van der Waals surface area contributed by atoms with Gasteiger partial charge in [-0.1, -0.05) is 31.5 Å². The minimum absolute atomic E-state index is 0.168. The Morgan fingerprint density at radius 3 is 2.53 bits per heavy atom. The molecule has 0 aliphatic rings. The third-order valence-electron chi connectivity index (χ3n) is 3.12. The molecule has 0 saturated carbocycles. The largest absolute Gasteiger partial charge is 0.312 e. The molecule has 1 aromatic carbocycles. The van der Waals surface area contributed by atoms with Gasteiger partial charge in [-0.25, -0.2) is 4.39 Å². The van der Waals surface area contributed by atoms with Crippen LogP contribution in [0.4, 0.5) is 4.39 Å². The summed E-state index contributed by atoms with van der Waals surface area (Å²) in [7, 11) is 1.97. The fourth-order valence-corrected chi connectivity index (χ4v) is 3.60. The maximum absolute atomic E-state index is 13.2. The predicted octanol–water partition coefficient (Wildman–Crippen LogP) is 5.12. The molecule has 1 heterocycles. The van der Waals surface area contributed by atoms with Crippen molar-refractivity contribution in [3.8, 4) is 10.4 Å². The highest BCUT2D eigenvalue weighted by Crippen LogP contribution is 2.35. The lowest BCUT2D eigenvalue weighted by Gasteiger charge is -2.18. The second-order valence-corrected chi connectivity index (χ2v) is 6.36. The molecule has 102 valence electrons. The van der Waals surface area contributed by atoms with Gasteiger partial charge in [-0.15, -0.1) is 11.3 Å². The van der Waals surface area contributed by atoms with E-state index in [-0.39, 0.29) is 10.8 Å². The lowest BCUT2D eigenvalue weighted by molar-refractivity contribution is 0.449. The minimum Gasteiger partial charge on any atom is -0.312 e. The first-order chi connectivity index (χ1) is 9.02. The number of hydrogen-bond donors (Lipinski definition) is 1. The zero-order valence-electron chi connectivity index (χ0n) is 11.2. The Morgan fingerprint density at radius 2 is 1.95 bits per heavy atom. The van der Waals surface area contributed by atoms with Gasteiger partial charge in [0.25, 0.3) is 0 Å². The van der Waals surface area contributed by atoms with E-state index in [2.05, 4.69) is 31.3 Å². The second kappa shape index (κ2) is 6.04. The first-order valence-corrected chi connectivity index (χ1v) is 7.44. The van der Waals surface area contributed by atoms with Gasteiger partial charge in [-0.2, -0.15) is 0 Å². The van der Waals surface area contributed by atoms with E-state index in [4.69, 9.17) is 11.6 Å². The van der Waals surface area contributed by atoms with Crippen LogP contribution in [-0.2, 0) is 0 Å². The molecule has 0 radical (unpaired) electrons. The van der Waals surface area contributed by atoms with Crippen LogP contribution in [0, 0.1) is 11.7 Å². The van der Waals surface area contributed by atoms with Crippen molar-refractivity contribution in [1.29, 1.82) is 0 Å². The summed E-state index contributed by atoms with van der Waals surface area (Å²) in [6.45, 7) is 4.38.